The first-order chi connectivity index (χ1) is 13.4. The number of carbonyl (C=O) groups excluding carboxylic acids is 1. The highest BCUT2D eigenvalue weighted by molar-refractivity contribution is 5.91. The predicted molar refractivity (Wildman–Crippen MR) is 102 cm³/mol. The fourth-order valence-electron chi connectivity index (χ4n) is 2.24. The second kappa shape index (κ2) is 8.08. The Hall–Kier alpha value is -4.08. The van der Waals surface area contributed by atoms with Gasteiger partial charge in [0.2, 0.25) is 5.82 Å². The van der Waals surface area contributed by atoms with Crippen molar-refractivity contribution in [3.63, 3.8) is 0 Å². The van der Waals surface area contributed by atoms with Gasteiger partial charge in [-0.2, -0.15) is 10.1 Å². The van der Waals surface area contributed by atoms with Crippen molar-refractivity contribution in [2.75, 3.05) is 19.0 Å². The third-order valence-corrected chi connectivity index (χ3v) is 3.75. The zero-order chi connectivity index (χ0) is 20.1. The van der Waals surface area contributed by atoms with E-state index in [9.17, 15) is 14.9 Å². The second-order valence-corrected chi connectivity index (χ2v) is 5.91. The molecule has 0 spiro atoms. The maximum Gasteiger partial charge on any atom is 0.329 e. The molecule has 0 fully saturated rings. The number of hydrogen-bond donors (Lipinski definition) is 1. The summed E-state index contributed by atoms with van der Waals surface area (Å²) in [4.78, 5) is 28.2. The summed E-state index contributed by atoms with van der Waals surface area (Å²) >= 11 is 0. The van der Waals surface area contributed by atoms with Gasteiger partial charge >= 0.3 is 11.8 Å². The number of nitrogens with one attached hydrogen (secondary N) is 1. The Kier molecular flexibility index (Phi) is 5.40. The molecule has 2 aromatic carbocycles. The molecule has 0 unspecified atom stereocenters. The summed E-state index contributed by atoms with van der Waals surface area (Å²) in [6.45, 7) is 0. The first-order valence-electron chi connectivity index (χ1n) is 8.13. The lowest BCUT2D eigenvalue weighted by Crippen LogP contribution is -2.18. The maximum atomic E-state index is 12.0. The van der Waals surface area contributed by atoms with E-state index in [2.05, 4.69) is 20.7 Å². The lowest BCUT2D eigenvalue weighted by atomic mass is 10.2. The number of nitrogens with zero attached hydrogens (tertiary/aromatic N) is 5. The average Bonchev–Trinajstić information content (AvgIpc) is 3.18. The summed E-state index contributed by atoms with van der Waals surface area (Å²) in [5, 5.41) is 18.2. The van der Waals surface area contributed by atoms with E-state index >= 15 is 0 Å². The number of hydrazone groups is 1. The second-order valence-electron chi connectivity index (χ2n) is 5.91. The Balaban J connectivity index is 1.63. The number of benzene rings is 2. The van der Waals surface area contributed by atoms with Gasteiger partial charge in [-0.1, -0.05) is 17.3 Å². The molecule has 3 aromatic rings. The van der Waals surface area contributed by atoms with Crippen LogP contribution < -0.4 is 10.3 Å². The van der Waals surface area contributed by atoms with Crippen LogP contribution >= 0.6 is 0 Å². The first-order valence-corrected chi connectivity index (χ1v) is 8.13. The van der Waals surface area contributed by atoms with E-state index in [4.69, 9.17) is 4.52 Å². The number of carbonyl (C=O) groups is 1. The van der Waals surface area contributed by atoms with Crippen molar-refractivity contribution >= 4 is 23.5 Å². The van der Waals surface area contributed by atoms with E-state index in [1.807, 2.05) is 43.3 Å². The van der Waals surface area contributed by atoms with Crippen molar-refractivity contribution in [3.8, 4) is 11.4 Å². The third kappa shape index (κ3) is 4.36. The van der Waals surface area contributed by atoms with E-state index in [0.717, 1.165) is 11.3 Å². The van der Waals surface area contributed by atoms with Gasteiger partial charge in [-0.05, 0) is 29.8 Å². The minimum Gasteiger partial charge on any atom is -0.378 e. The van der Waals surface area contributed by atoms with Crippen molar-refractivity contribution < 1.29 is 14.2 Å². The van der Waals surface area contributed by atoms with Gasteiger partial charge in [0.1, 0.15) is 0 Å². The van der Waals surface area contributed by atoms with Crippen LogP contribution in [-0.4, -0.2) is 41.3 Å². The van der Waals surface area contributed by atoms with Crippen LogP contribution in [0.1, 0.15) is 16.2 Å². The third-order valence-electron chi connectivity index (χ3n) is 3.75. The Morgan fingerprint density at radius 1 is 1.18 bits per heavy atom. The van der Waals surface area contributed by atoms with Crippen LogP contribution in [0, 0.1) is 10.1 Å². The smallest absolute Gasteiger partial charge is 0.329 e. The van der Waals surface area contributed by atoms with Crippen molar-refractivity contribution in [3.05, 3.63) is 70.1 Å². The van der Waals surface area contributed by atoms with E-state index in [0.29, 0.717) is 5.56 Å². The fraction of sp³-hybridized carbons (Fsp3) is 0.111. The molecular formula is C18H16N6O4. The van der Waals surface area contributed by atoms with Gasteiger partial charge in [0.05, 0.1) is 11.1 Å². The van der Waals surface area contributed by atoms with Crippen LogP contribution in [0.5, 0.6) is 0 Å². The Morgan fingerprint density at radius 3 is 2.46 bits per heavy atom. The Bertz CT molecular complexity index is 1010. The van der Waals surface area contributed by atoms with Crippen molar-refractivity contribution in [2.24, 2.45) is 5.10 Å². The van der Waals surface area contributed by atoms with E-state index < -0.39 is 10.8 Å². The number of nitro benzene ring substituents is 1. The molecule has 1 heterocycles. The van der Waals surface area contributed by atoms with E-state index in [1.54, 1.807) is 0 Å². The molecule has 0 saturated heterocycles. The molecule has 3 rings (SSSR count). The molecule has 142 valence electrons. The molecule has 0 aliphatic rings. The normalized spacial score (nSPS) is 10.8. The Labute approximate surface area is 159 Å². The summed E-state index contributed by atoms with van der Waals surface area (Å²) in [6.07, 6.45) is 1.49. The van der Waals surface area contributed by atoms with Gasteiger partial charge in [-0.3, -0.25) is 14.9 Å². The highest BCUT2D eigenvalue weighted by Gasteiger charge is 2.16. The highest BCUT2D eigenvalue weighted by atomic mass is 16.6. The zero-order valence-electron chi connectivity index (χ0n) is 15.1. The number of amides is 1. The van der Waals surface area contributed by atoms with Gasteiger partial charge in [0.25, 0.3) is 5.69 Å². The van der Waals surface area contributed by atoms with Crippen LogP contribution in [0.3, 0.4) is 0 Å². The minimum absolute atomic E-state index is 0.0573. The summed E-state index contributed by atoms with van der Waals surface area (Å²) in [5.74, 6) is -0.793. The molecule has 0 aliphatic heterocycles. The van der Waals surface area contributed by atoms with Crippen molar-refractivity contribution in [2.45, 2.75) is 0 Å². The Morgan fingerprint density at radius 2 is 1.86 bits per heavy atom. The minimum atomic E-state index is -0.665. The molecule has 0 saturated carbocycles. The van der Waals surface area contributed by atoms with Crippen molar-refractivity contribution in [1.29, 1.82) is 0 Å². The summed E-state index contributed by atoms with van der Waals surface area (Å²) in [5.41, 5.74) is 4.59. The SMILES string of the molecule is CN(C)c1ccc(/C=N/NC(=O)c2nc(-c3ccc([N+](=O)[O-])cc3)no2)cc1. The molecule has 0 aliphatic carbocycles. The summed E-state index contributed by atoms with van der Waals surface area (Å²) < 4.78 is 4.92. The largest absolute Gasteiger partial charge is 0.378 e. The zero-order valence-corrected chi connectivity index (χ0v) is 15.1. The predicted octanol–water partition coefficient (Wildman–Crippen LogP) is 2.47. The number of hydrogen-bond acceptors (Lipinski definition) is 8. The highest BCUT2D eigenvalue weighted by Crippen LogP contribution is 2.19. The lowest BCUT2D eigenvalue weighted by Gasteiger charge is -2.11. The van der Waals surface area contributed by atoms with Crippen LogP contribution in [0.25, 0.3) is 11.4 Å². The maximum absolute atomic E-state index is 12.0. The molecule has 1 aromatic heterocycles. The van der Waals surface area contributed by atoms with Gasteiger partial charge < -0.3 is 9.42 Å². The first kappa shape index (κ1) is 18.7. The van der Waals surface area contributed by atoms with E-state index in [-0.39, 0.29) is 17.4 Å². The number of rotatable bonds is 6. The standard InChI is InChI=1S/C18H16N6O4/c1-23(2)14-7-3-12(4-8-14)11-19-21-17(25)18-20-16(22-28-18)13-5-9-15(10-6-13)24(26)27/h3-11H,1-2H3,(H,21,25)/b19-11+. The average molecular weight is 380 g/mol. The molecule has 1 N–H and O–H groups in total. The van der Waals surface area contributed by atoms with Crippen LogP contribution in [0.4, 0.5) is 11.4 Å². The van der Waals surface area contributed by atoms with Crippen molar-refractivity contribution in [1.82, 2.24) is 15.6 Å². The van der Waals surface area contributed by atoms with Gasteiger partial charge in [0, 0.05) is 37.5 Å². The molecule has 10 nitrogen and oxygen atoms in total. The molecule has 10 heteroatoms. The molecule has 28 heavy (non-hydrogen) atoms. The number of nitro groups is 1. The summed E-state index contributed by atoms with van der Waals surface area (Å²) in [6, 6.07) is 13.2. The quantitative estimate of drug-likeness (QED) is 0.395. The number of anilines is 1. The van der Waals surface area contributed by atoms with Gasteiger partial charge in [-0.15, -0.1) is 0 Å². The molecule has 0 atom stereocenters. The van der Waals surface area contributed by atoms with E-state index in [1.165, 1.54) is 30.5 Å². The fourth-order valence-corrected chi connectivity index (χ4v) is 2.24. The molecule has 0 radical (unpaired) electrons. The number of non-ortho nitro benzene ring substituents is 1. The van der Waals surface area contributed by atoms with Crippen LogP contribution in [0.15, 0.2) is 58.2 Å². The lowest BCUT2D eigenvalue weighted by molar-refractivity contribution is -0.384. The molecular weight excluding hydrogens is 364 g/mol. The monoisotopic (exact) mass is 380 g/mol. The molecule has 1 amide bonds. The number of aromatic nitrogens is 2. The van der Waals surface area contributed by atoms with Crippen LogP contribution in [0.2, 0.25) is 0 Å². The summed E-state index contributed by atoms with van der Waals surface area (Å²) in [7, 11) is 3.89. The van der Waals surface area contributed by atoms with Crippen LogP contribution in [-0.2, 0) is 0 Å². The van der Waals surface area contributed by atoms with Gasteiger partial charge in [-0.25, -0.2) is 5.43 Å². The molecule has 0 bridgehead atoms. The van der Waals surface area contributed by atoms with Gasteiger partial charge in [0.15, 0.2) is 0 Å². The topological polar surface area (TPSA) is 127 Å².